The largest absolute Gasteiger partial charge is 0.466 e. The molecule has 92 valence electrons. The zero-order valence-corrected chi connectivity index (χ0v) is 9.87. The van der Waals surface area contributed by atoms with Crippen LogP contribution in [0.25, 0.3) is 0 Å². The topological polar surface area (TPSA) is 44.8 Å². The summed E-state index contributed by atoms with van der Waals surface area (Å²) in [5.74, 6) is -0.411. The van der Waals surface area contributed by atoms with Crippen LogP contribution in [0, 0.1) is 5.92 Å². The highest BCUT2D eigenvalue weighted by Gasteiger charge is 2.39. The Kier molecular flexibility index (Phi) is 3.82. The molecule has 0 bridgehead atoms. The van der Waals surface area contributed by atoms with Crippen molar-refractivity contribution in [3.8, 4) is 0 Å². The number of carbonyl (C=O) groups is 1. The molecule has 1 aliphatic carbocycles. The predicted octanol–water partition coefficient (Wildman–Crippen LogP) is 1.87. The van der Waals surface area contributed by atoms with Crippen molar-refractivity contribution in [3.63, 3.8) is 0 Å². The van der Waals surface area contributed by atoms with Crippen LogP contribution in [0.15, 0.2) is 0 Å². The van der Waals surface area contributed by atoms with Gasteiger partial charge in [-0.2, -0.15) is 0 Å². The lowest BCUT2D eigenvalue weighted by atomic mass is 10.0. The Bertz CT molecular complexity index is 245. The number of hydrogen-bond donors (Lipinski definition) is 0. The number of esters is 1. The van der Waals surface area contributed by atoms with E-state index in [9.17, 15) is 4.79 Å². The van der Waals surface area contributed by atoms with Gasteiger partial charge in [0.05, 0.1) is 25.7 Å². The van der Waals surface area contributed by atoms with E-state index in [0.29, 0.717) is 19.8 Å². The Morgan fingerprint density at radius 2 is 2.06 bits per heavy atom. The molecular formula is C12H20O4. The Morgan fingerprint density at radius 1 is 1.31 bits per heavy atom. The maximum atomic E-state index is 11.7. The maximum absolute atomic E-state index is 11.7. The summed E-state index contributed by atoms with van der Waals surface area (Å²) in [6, 6.07) is 0. The minimum absolute atomic E-state index is 0.0344. The van der Waals surface area contributed by atoms with Crippen LogP contribution in [0.1, 0.15) is 39.0 Å². The molecule has 0 radical (unpaired) electrons. The number of carbonyl (C=O) groups excluding carboxylic acids is 1. The van der Waals surface area contributed by atoms with E-state index in [-0.39, 0.29) is 17.7 Å². The predicted molar refractivity (Wildman–Crippen MR) is 57.8 cm³/mol. The van der Waals surface area contributed by atoms with Gasteiger partial charge in [-0.15, -0.1) is 0 Å². The van der Waals surface area contributed by atoms with Crippen molar-refractivity contribution in [3.05, 3.63) is 0 Å². The summed E-state index contributed by atoms with van der Waals surface area (Å²) >= 11 is 0. The van der Waals surface area contributed by atoms with Gasteiger partial charge in [-0.1, -0.05) is 0 Å². The highest BCUT2D eigenvalue weighted by molar-refractivity contribution is 5.72. The van der Waals surface area contributed by atoms with Gasteiger partial charge in [0.25, 0.3) is 0 Å². The molecule has 1 saturated heterocycles. The second kappa shape index (κ2) is 5.15. The molecule has 1 aliphatic heterocycles. The molecule has 4 nitrogen and oxygen atoms in total. The van der Waals surface area contributed by atoms with Crippen LogP contribution in [0.2, 0.25) is 0 Å². The molecule has 0 amide bonds. The summed E-state index contributed by atoms with van der Waals surface area (Å²) in [5.41, 5.74) is 0. The third-order valence-electron chi connectivity index (χ3n) is 3.42. The quantitative estimate of drug-likeness (QED) is 0.677. The number of ether oxygens (including phenoxy) is 3. The molecule has 1 unspecified atom stereocenters. The molecule has 0 aromatic heterocycles. The summed E-state index contributed by atoms with van der Waals surface area (Å²) < 4.78 is 16.4. The molecule has 16 heavy (non-hydrogen) atoms. The highest BCUT2D eigenvalue weighted by atomic mass is 16.7. The van der Waals surface area contributed by atoms with E-state index in [0.717, 1.165) is 32.1 Å². The Hall–Kier alpha value is -0.610. The van der Waals surface area contributed by atoms with Gasteiger partial charge in [-0.25, -0.2) is 0 Å². The van der Waals surface area contributed by atoms with Crippen LogP contribution in [0.5, 0.6) is 0 Å². The first-order valence-electron chi connectivity index (χ1n) is 6.20. The fraction of sp³-hybridized carbons (Fsp3) is 0.917. The first-order valence-corrected chi connectivity index (χ1v) is 6.20. The molecule has 1 atom stereocenters. The van der Waals surface area contributed by atoms with Gasteiger partial charge >= 0.3 is 5.97 Å². The Balaban J connectivity index is 1.90. The summed E-state index contributed by atoms with van der Waals surface area (Å²) in [6.45, 7) is 3.68. The second-order valence-corrected chi connectivity index (χ2v) is 4.49. The van der Waals surface area contributed by atoms with Crippen molar-refractivity contribution < 1.29 is 19.0 Å². The second-order valence-electron chi connectivity index (χ2n) is 4.49. The van der Waals surface area contributed by atoms with E-state index in [4.69, 9.17) is 14.2 Å². The molecule has 1 heterocycles. The van der Waals surface area contributed by atoms with E-state index in [1.807, 2.05) is 6.92 Å². The third-order valence-corrected chi connectivity index (χ3v) is 3.42. The Morgan fingerprint density at radius 3 is 2.75 bits per heavy atom. The average molecular weight is 228 g/mol. The number of rotatable bonds is 2. The minimum Gasteiger partial charge on any atom is -0.466 e. The molecule has 2 fully saturated rings. The van der Waals surface area contributed by atoms with E-state index >= 15 is 0 Å². The van der Waals surface area contributed by atoms with Crippen LogP contribution in [0.4, 0.5) is 0 Å². The Labute approximate surface area is 96.2 Å². The standard InChI is InChI=1S/C12H20O4/c1-2-14-11(13)10-4-3-6-12(7-5-10)15-8-9-16-12/h10H,2-9H2,1H3. The van der Waals surface area contributed by atoms with E-state index < -0.39 is 0 Å². The molecule has 1 spiro atoms. The van der Waals surface area contributed by atoms with E-state index in [1.165, 1.54) is 0 Å². The normalized spacial score (nSPS) is 28.9. The van der Waals surface area contributed by atoms with E-state index in [2.05, 4.69) is 0 Å². The summed E-state index contributed by atoms with van der Waals surface area (Å²) in [6.07, 6.45) is 4.41. The van der Waals surface area contributed by atoms with Crippen molar-refractivity contribution >= 4 is 5.97 Å². The van der Waals surface area contributed by atoms with Gasteiger partial charge < -0.3 is 14.2 Å². The SMILES string of the molecule is CCOC(=O)C1CCCC2(CC1)OCCO2. The van der Waals surface area contributed by atoms with Gasteiger partial charge in [-0.05, 0) is 26.2 Å². The molecule has 4 heteroatoms. The summed E-state index contributed by atoms with van der Waals surface area (Å²) in [4.78, 5) is 11.7. The van der Waals surface area contributed by atoms with Gasteiger partial charge in [0.15, 0.2) is 5.79 Å². The van der Waals surface area contributed by atoms with Gasteiger partial charge in [0.2, 0.25) is 0 Å². The highest BCUT2D eigenvalue weighted by Crippen LogP contribution is 2.36. The molecule has 0 N–H and O–H groups in total. The zero-order valence-electron chi connectivity index (χ0n) is 9.87. The van der Waals surface area contributed by atoms with Crippen LogP contribution < -0.4 is 0 Å². The van der Waals surface area contributed by atoms with Crippen LogP contribution in [0.3, 0.4) is 0 Å². The molecular weight excluding hydrogens is 208 g/mol. The molecule has 1 saturated carbocycles. The van der Waals surface area contributed by atoms with Crippen LogP contribution in [-0.2, 0) is 19.0 Å². The monoisotopic (exact) mass is 228 g/mol. The van der Waals surface area contributed by atoms with Crippen molar-refractivity contribution in [2.75, 3.05) is 19.8 Å². The fourth-order valence-corrected chi connectivity index (χ4v) is 2.56. The third kappa shape index (κ3) is 2.55. The van der Waals surface area contributed by atoms with Gasteiger partial charge in [0.1, 0.15) is 0 Å². The van der Waals surface area contributed by atoms with Crippen molar-refractivity contribution in [2.24, 2.45) is 5.92 Å². The molecule has 2 aliphatic rings. The van der Waals surface area contributed by atoms with Crippen molar-refractivity contribution in [2.45, 2.75) is 44.8 Å². The maximum Gasteiger partial charge on any atom is 0.308 e. The fourth-order valence-electron chi connectivity index (χ4n) is 2.56. The lowest BCUT2D eigenvalue weighted by Gasteiger charge is -2.25. The van der Waals surface area contributed by atoms with Gasteiger partial charge in [0, 0.05) is 12.8 Å². The molecule has 0 aromatic carbocycles. The molecule has 2 rings (SSSR count). The van der Waals surface area contributed by atoms with Crippen LogP contribution >= 0.6 is 0 Å². The van der Waals surface area contributed by atoms with Crippen LogP contribution in [-0.4, -0.2) is 31.6 Å². The first-order chi connectivity index (χ1) is 7.76. The minimum atomic E-state index is -0.388. The smallest absolute Gasteiger partial charge is 0.308 e. The van der Waals surface area contributed by atoms with Crippen molar-refractivity contribution in [1.29, 1.82) is 0 Å². The number of hydrogen-bond acceptors (Lipinski definition) is 4. The molecule has 0 aromatic rings. The van der Waals surface area contributed by atoms with Gasteiger partial charge in [-0.3, -0.25) is 4.79 Å². The first kappa shape index (κ1) is 11.9. The zero-order chi connectivity index (χ0) is 11.4. The lowest BCUT2D eigenvalue weighted by molar-refractivity contribution is -0.166. The summed E-state index contributed by atoms with van der Waals surface area (Å²) in [5, 5.41) is 0. The summed E-state index contributed by atoms with van der Waals surface area (Å²) in [7, 11) is 0. The van der Waals surface area contributed by atoms with E-state index in [1.54, 1.807) is 0 Å². The van der Waals surface area contributed by atoms with Crippen molar-refractivity contribution in [1.82, 2.24) is 0 Å². The lowest BCUT2D eigenvalue weighted by Crippen LogP contribution is -2.29. The average Bonchev–Trinajstić information content (AvgIpc) is 2.61.